The Balaban J connectivity index is 1.35. The fraction of sp³-hybridized carbons (Fsp3) is 0.375. The number of ether oxygens (including phenoxy) is 1. The van der Waals surface area contributed by atoms with E-state index in [0.29, 0.717) is 13.2 Å². The first-order valence-corrected chi connectivity index (χ1v) is 11.9. The van der Waals surface area contributed by atoms with Gasteiger partial charge in [0.05, 0.1) is 23.1 Å². The lowest BCUT2D eigenvalue weighted by atomic mass is 10.1. The zero-order valence-corrected chi connectivity index (χ0v) is 18.8. The highest BCUT2D eigenvalue weighted by Crippen LogP contribution is 2.39. The maximum Gasteiger partial charge on any atom is 0.261 e. The van der Waals surface area contributed by atoms with Gasteiger partial charge in [-0.1, -0.05) is 30.3 Å². The van der Waals surface area contributed by atoms with Crippen molar-refractivity contribution in [3.05, 3.63) is 59.7 Å². The zero-order chi connectivity index (χ0) is 21.8. The van der Waals surface area contributed by atoms with Gasteiger partial charge in [0.1, 0.15) is 0 Å². The Morgan fingerprint density at radius 2 is 1.81 bits per heavy atom. The molecular formula is C24H27N5O2S. The summed E-state index contributed by atoms with van der Waals surface area (Å²) >= 11 is 1.57. The summed E-state index contributed by atoms with van der Waals surface area (Å²) in [5, 5.41) is 4.41. The Labute approximate surface area is 192 Å². The highest BCUT2D eigenvalue weighted by atomic mass is 32.1. The lowest BCUT2D eigenvalue weighted by Crippen LogP contribution is -2.48. The van der Waals surface area contributed by atoms with Crippen molar-refractivity contribution in [2.45, 2.75) is 18.9 Å². The van der Waals surface area contributed by atoms with Crippen molar-refractivity contribution in [2.75, 3.05) is 49.2 Å². The first kappa shape index (κ1) is 20.9. The largest absolute Gasteiger partial charge is 0.378 e. The molecule has 166 valence electrons. The fourth-order valence-electron chi connectivity index (χ4n) is 4.31. The van der Waals surface area contributed by atoms with Crippen LogP contribution in [0, 0.1) is 0 Å². The smallest absolute Gasteiger partial charge is 0.261 e. The predicted octanol–water partition coefficient (Wildman–Crippen LogP) is 3.44. The van der Waals surface area contributed by atoms with Crippen molar-refractivity contribution in [3.63, 3.8) is 0 Å². The summed E-state index contributed by atoms with van der Waals surface area (Å²) in [5.41, 5.74) is 2.25. The number of hydrogen-bond acceptors (Lipinski definition) is 7. The molecule has 2 aliphatic heterocycles. The standard InChI is InChI=1S/C24H27N5O2S/c30-22(27-19-8-4-11-29(17-19)24-25-9-5-10-26-24)21-16-20(18-6-2-1-3-7-18)23(32-21)28-12-14-31-15-13-28/h1-3,5-7,9-10,16,19H,4,8,11-15,17H2,(H,27,30). The topological polar surface area (TPSA) is 70.6 Å². The van der Waals surface area contributed by atoms with Crippen LogP contribution in [0.4, 0.5) is 10.9 Å². The molecular weight excluding hydrogens is 422 g/mol. The Kier molecular flexibility index (Phi) is 6.31. The molecule has 2 saturated heterocycles. The van der Waals surface area contributed by atoms with Crippen LogP contribution in [0.25, 0.3) is 11.1 Å². The van der Waals surface area contributed by atoms with E-state index in [1.54, 1.807) is 23.7 Å². The maximum atomic E-state index is 13.2. The first-order chi connectivity index (χ1) is 15.8. The lowest BCUT2D eigenvalue weighted by Gasteiger charge is -2.33. The summed E-state index contributed by atoms with van der Waals surface area (Å²) in [4.78, 5) is 27.2. The van der Waals surface area contributed by atoms with Crippen molar-refractivity contribution in [1.82, 2.24) is 15.3 Å². The predicted molar refractivity (Wildman–Crippen MR) is 128 cm³/mol. The van der Waals surface area contributed by atoms with Gasteiger partial charge in [-0.05, 0) is 30.5 Å². The Morgan fingerprint density at radius 1 is 1.03 bits per heavy atom. The van der Waals surface area contributed by atoms with E-state index in [0.717, 1.165) is 66.0 Å². The van der Waals surface area contributed by atoms with Gasteiger partial charge >= 0.3 is 0 Å². The molecule has 7 nitrogen and oxygen atoms in total. The van der Waals surface area contributed by atoms with Crippen molar-refractivity contribution in [3.8, 4) is 11.1 Å². The molecule has 0 spiro atoms. The number of aromatic nitrogens is 2. The monoisotopic (exact) mass is 449 g/mol. The number of rotatable bonds is 5. The molecule has 1 N–H and O–H groups in total. The van der Waals surface area contributed by atoms with Gasteiger partial charge in [0, 0.05) is 50.2 Å². The molecule has 1 unspecified atom stereocenters. The van der Waals surface area contributed by atoms with Crippen LogP contribution in [0.15, 0.2) is 54.9 Å². The van der Waals surface area contributed by atoms with Gasteiger partial charge in [0.2, 0.25) is 5.95 Å². The number of nitrogens with zero attached hydrogens (tertiary/aromatic N) is 4. The zero-order valence-electron chi connectivity index (χ0n) is 17.9. The minimum atomic E-state index is -0.00693. The van der Waals surface area contributed by atoms with E-state index in [4.69, 9.17) is 4.74 Å². The Morgan fingerprint density at radius 3 is 2.59 bits per heavy atom. The van der Waals surface area contributed by atoms with Crippen molar-refractivity contribution in [2.24, 2.45) is 0 Å². The molecule has 2 aromatic heterocycles. The van der Waals surface area contributed by atoms with E-state index < -0.39 is 0 Å². The van der Waals surface area contributed by atoms with E-state index in [-0.39, 0.29) is 11.9 Å². The second kappa shape index (κ2) is 9.67. The molecule has 4 heterocycles. The van der Waals surface area contributed by atoms with Crippen LogP contribution < -0.4 is 15.1 Å². The molecule has 8 heteroatoms. The Bertz CT molecular complexity index is 1040. The van der Waals surface area contributed by atoms with Gasteiger partial charge in [-0.15, -0.1) is 11.3 Å². The average Bonchev–Trinajstić information content (AvgIpc) is 3.32. The first-order valence-electron chi connectivity index (χ1n) is 11.1. The van der Waals surface area contributed by atoms with E-state index in [2.05, 4.69) is 37.2 Å². The molecule has 32 heavy (non-hydrogen) atoms. The molecule has 2 fully saturated rings. The highest BCUT2D eigenvalue weighted by Gasteiger charge is 2.26. The number of anilines is 2. The summed E-state index contributed by atoms with van der Waals surface area (Å²) in [6.07, 6.45) is 5.48. The van der Waals surface area contributed by atoms with Gasteiger partial charge in [-0.25, -0.2) is 9.97 Å². The quantitative estimate of drug-likeness (QED) is 0.644. The fourth-order valence-corrected chi connectivity index (χ4v) is 5.44. The molecule has 5 rings (SSSR count). The normalized spacial score (nSPS) is 19.1. The average molecular weight is 450 g/mol. The summed E-state index contributed by atoms with van der Waals surface area (Å²) in [5.74, 6) is 0.719. The molecule has 3 aromatic rings. The molecule has 0 bridgehead atoms. The van der Waals surface area contributed by atoms with Crippen molar-refractivity contribution >= 4 is 28.2 Å². The van der Waals surface area contributed by atoms with Crippen molar-refractivity contribution in [1.29, 1.82) is 0 Å². The molecule has 1 amide bonds. The third-order valence-electron chi connectivity index (χ3n) is 5.91. The van der Waals surface area contributed by atoms with Crippen LogP contribution in [0.3, 0.4) is 0 Å². The number of carbonyl (C=O) groups excluding carboxylic acids is 1. The SMILES string of the molecule is O=C(NC1CCCN(c2ncccn2)C1)c1cc(-c2ccccc2)c(N2CCOCC2)s1. The number of hydrogen-bond donors (Lipinski definition) is 1. The number of carbonyl (C=O) groups is 1. The van der Waals surface area contributed by atoms with E-state index in [1.807, 2.05) is 30.3 Å². The molecule has 0 saturated carbocycles. The van der Waals surface area contributed by atoms with Crippen LogP contribution in [0.2, 0.25) is 0 Å². The molecule has 0 radical (unpaired) electrons. The summed E-state index contributed by atoms with van der Waals surface area (Å²) in [6, 6.07) is 14.2. The Hall–Kier alpha value is -2.97. The summed E-state index contributed by atoms with van der Waals surface area (Å²) < 4.78 is 5.54. The second-order valence-electron chi connectivity index (χ2n) is 8.10. The van der Waals surface area contributed by atoms with E-state index in [1.165, 1.54) is 0 Å². The number of morpholine rings is 1. The van der Waals surface area contributed by atoms with Gasteiger partial charge < -0.3 is 19.9 Å². The molecule has 1 aromatic carbocycles. The van der Waals surface area contributed by atoms with E-state index >= 15 is 0 Å². The number of piperidine rings is 1. The van der Waals surface area contributed by atoms with Crippen LogP contribution in [-0.2, 0) is 4.74 Å². The van der Waals surface area contributed by atoms with Crippen LogP contribution in [0.1, 0.15) is 22.5 Å². The number of thiophene rings is 1. The van der Waals surface area contributed by atoms with Crippen LogP contribution in [0.5, 0.6) is 0 Å². The van der Waals surface area contributed by atoms with Crippen LogP contribution in [-0.4, -0.2) is 61.3 Å². The molecule has 1 atom stereocenters. The third-order valence-corrected chi connectivity index (χ3v) is 7.11. The number of nitrogens with one attached hydrogen (secondary N) is 1. The maximum absolute atomic E-state index is 13.2. The minimum Gasteiger partial charge on any atom is -0.378 e. The van der Waals surface area contributed by atoms with Gasteiger partial charge in [-0.3, -0.25) is 4.79 Å². The van der Waals surface area contributed by atoms with Gasteiger partial charge in [0.15, 0.2) is 0 Å². The van der Waals surface area contributed by atoms with Gasteiger partial charge in [0.25, 0.3) is 5.91 Å². The minimum absolute atomic E-state index is 0.00693. The number of amides is 1. The second-order valence-corrected chi connectivity index (χ2v) is 9.13. The van der Waals surface area contributed by atoms with Crippen molar-refractivity contribution < 1.29 is 9.53 Å². The third kappa shape index (κ3) is 4.61. The molecule has 0 aliphatic carbocycles. The molecule has 2 aliphatic rings. The number of benzene rings is 1. The van der Waals surface area contributed by atoms with Crippen LogP contribution >= 0.6 is 11.3 Å². The summed E-state index contributed by atoms with van der Waals surface area (Å²) in [7, 11) is 0. The highest BCUT2D eigenvalue weighted by molar-refractivity contribution is 7.18. The van der Waals surface area contributed by atoms with Gasteiger partial charge in [-0.2, -0.15) is 0 Å². The summed E-state index contributed by atoms with van der Waals surface area (Å²) in [6.45, 7) is 4.75. The lowest BCUT2D eigenvalue weighted by molar-refractivity contribution is 0.0937. The van der Waals surface area contributed by atoms with E-state index in [9.17, 15) is 4.79 Å².